The lowest BCUT2D eigenvalue weighted by molar-refractivity contribution is -0.384. The molecular formula is C20H21BrN4O4. The van der Waals surface area contributed by atoms with Crippen LogP contribution < -0.4 is 11.1 Å². The van der Waals surface area contributed by atoms with Crippen LogP contribution in [0.5, 0.6) is 0 Å². The second kappa shape index (κ2) is 8.71. The molecule has 0 spiro atoms. The van der Waals surface area contributed by atoms with E-state index in [2.05, 4.69) is 27.0 Å². The summed E-state index contributed by atoms with van der Waals surface area (Å²) in [4.78, 5) is 41.4. The molecule has 1 aliphatic heterocycles. The van der Waals surface area contributed by atoms with Crippen LogP contribution in [0.2, 0.25) is 0 Å². The molecule has 1 aromatic heterocycles. The lowest BCUT2D eigenvalue weighted by Crippen LogP contribution is -2.33. The van der Waals surface area contributed by atoms with E-state index in [1.165, 1.54) is 17.7 Å². The number of nitro benzene ring substituents is 1. The zero-order chi connectivity index (χ0) is 19.7. The molecule has 0 unspecified atom stereocenters. The van der Waals surface area contributed by atoms with E-state index < -0.39 is 16.0 Å². The number of fused-ring (bicyclic) bond motifs is 1. The largest absolute Gasteiger partial charge is 0.316 e. The molecule has 0 radical (unpaired) electrons. The van der Waals surface area contributed by atoms with Crippen LogP contribution in [0.15, 0.2) is 52.1 Å². The van der Waals surface area contributed by atoms with Crippen molar-refractivity contribution in [3.63, 3.8) is 0 Å². The highest BCUT2D eigenvalue weighted by atomic mass is 79.9. The van der Waals surface area contributed by atoms with Crippen molar-refractivity contribution in [1.29, 1.82) is 0 Å². The number of nitrogens with zero attached hydrogens (tertiary/aromatic N) is 2. The SMILES string of the molecule is Br.O=c1[nH]c2cc([N+](=O)[O-])cc(CN3CCC(c4ccccc4)CC3)c2[nH]c1=O. The maximum absolute atomic E-state index is 11.7. The molecule has 1 saturated heterocycles. The van der Waals surface area contributed by atoms with Crippen molar-refractivity contribution < 1.29 is 4.92 Å². The molecule has 9 heteroatoms. The number of aromatic nitrogens is 2. The van der Waals surface area contributed by atoms with Crippen LogP contribution in [0.3, 0.4) is 0 Å². The Hall–Kier alpha value is -2.78. The van der Waals surface area contributed by atoms with Gasteiger partial charge in [0.2, 0.25) is 0 Å². The predicted molar refractivity (Wildman–Crippen MR) is 116 cm³/mol. The highest BCUT2D eigenvalue weighted by Gasteiger charge is 2.22. The van der Waals surface area contributed by atoms with E-state index in [4.69, 9.17) is 0 Å². The number of H-pyrrole nitrogens is 2. The number of hydrogen-bond acceptors (Lipinski definition) is 5. The van der Waals surface area contributed by atoms with Crippen molar-refractivity contribution in [2.24, 2.45) is 0 Å². The van der Waals surface area contributed by atoms with Gasteiger partial charge in [0.15, 0.2) is 0 Å². The maximum atomic E-state index is 11.7. The van der Waals surface area contributed by atoms with Crippen molar-refractivity contribution in [2.45, 2.75) is 25.3 Å². The molecule has 1 aliphatic rings. The van der Waals surface area contributed by atoms with Crippen LogP contribution in [0, 0.1) is 10.1 Å². The van der Waals surface area contributed by atoms with Crippen LogP contribution in [0.1, 0.15) is 29.9 Å². The molecule has 29 heavy (non-hydrogen) atoms. The van der Waals surface area contributed by atoms with Gasteiger partial charge in [-0.3, -0.25) is 24.6 Å². The molecule has 2 N–H and O–H groups in total. The van der Waals surface area contributed by atoms with E-state index in [9.17, 15) is 19.7 Å². The summed E-state index contributed by atoms with van der Waals surface area (Å²) in [7, 11) is 0. The number of piperidine rings is 1. The van der Waals surface area contributed by atoms with E-state index in [0.29, 0.717) is 23.5 Å². The summed E-state index contributed by atoms with van der Waals surface area (Å²) in [6.07, 6.45) is 2.01. The second-order valence-electron chi connectivity index (χ2n) is 7.15. The summed E-state index contributed by atoms with van der Waals surface area (Å²) in [5, 5.41) is 11.3. The first-order valence-corrected chi connectivity index (χ1v) is 9.22. The second-order valence-corrected chi connectivity index (χ2v) is 7.15. The van der Waals surface area contributed by atoms with E-state index in [0.717, 1.165) is 25.9 Å². The van der Waals surface area contributed by atoms with Gasteiger partial charge < -0.3 is 9.97 Å². The first-order valence-electron chi connectivity index (χ1n) is 9.22. The quantitative estimate of drug-likeness (QED) is 0.352. The van der Waals surface area contributed by atoms with Gasteiger partial charge in [-0.25, -0.2) is 0 Å². The van der Waals surface area contributed by atoms with Crippen LogP contribution in [0.25, 0.3) is 11.0 Å². The fourth-order valence-electron chi connectivity index (χ4n) is 3.90. The van der Waals surface area contributed by atoms with E-state index in [1.54, 1.807) is 0 Å². The van der Waals surface area contributed by atoms with E-state index in [1.807, 2.05) is 18.2 Å². The number of hydrogen-bond donors (Lipinski definition) is 2. The molecule has 0 bridgehead atoms. The van der Waals surface area contributed by atoms with Crippen molar-refractivity contribution in [3.8, 4) is 0 Å². The topological polar surface area (TPSA) is 112 Å². The Balaban J connectivity index is 0.00000240. The normalized spacial score (nSPS) is 15.2. The Morgan fingerprint density at radius 3 is 2.34 bits per heavy atom. The third kappa shape index (κ3) is 4.46. The smallest absolute Gasteiger partial charge is 0.314 e. The molecule has 2 heterocycles. The minimum absolute atomic E-state index is 0. The summed E-state index contributed by atoms with van der Waals surface area (Å²) in [6.45, 7) is 2.19. The van der Waals surface area contributed by atoms with Gasteiger partial charge in [0.05, 0.1) is 16.0 Å². The molecule has 152 valence electrons. The summed E-state index contributed by atoms with van der Waals surface area (Å²) in [6, 6.07) is 13.2. The fraction of sp³-hybridized carbons (Fsp3) is 0.300. The van der Waals surface area contributed by atoms with Gasteiger partial charge in [0.1, 0.15) is 0 Å². The van der Waals surface area contributed by atoms with Crippen LogP contribution in [-0.2, 0) is 6.54 Å². The first kappa shape index (κ1) is 20.9. The van der Waals surface area contributed by atoms with Gasteiger partial charge in [-0.05, 0) is 43.0 Å². The average molecular weight is 461 g/mol. The van der Waals surface area contributed by atoms with Gasteiger partial charge in [0, 0.05) is 18.7 Å². The fourth-order valence-corrected chi connectivity index (χ4v) is 3.90. The lowest BCUT2D eigenvalue weighted by Gasteiger charge is -2.32. The Labute approximate surface area is 176 Å². The van der Waals surface area contributed by atoms with Gasteiger partial charge in [-0.2, -0.15) is 0 Å². The minimum atomic E-state index is -0.817. The third-order valence-electron chi connectivity index (χ3n) is 5.36. The summed E-state index contributed by atoms with van der Waals surface area (Å²) in [5.74, 6) is 0.510. The van der Waals surface area contributed by atoms with Crippen molar-refractivity contribution in [1.82, 2.24) is 14.9 Å². The van der Waals surface area contributed by atoms with Crippen LogP contribution in [-0.4, -0.2) is 32.9 Å². The third-order valence-corrected chi connectivity index (χ3v) is 5.36. The molecule has 0 saturated carbocycles. The minimum Gasteiger partial charge on any atom is -0.316 e. The summed E-state index contributed by atoms with van der Waals surface area (Å²) < 4.78 is 0. The number of non-ortho nitro benzene ring substituents is 1. The molecule has 0 atom stereocenters. The highest BCUT2D eigenvalue weighted by molar-refractivity contribution is 8.93. The highest BCUT2D eigenvalue weighted by Crippen LogP contribution is 2.29. The number of nitrogens with one attached hydrogen (secondary N) is 2. The lowest BCUT2D eigenvalue weighted by atomic mass is 9.89. The molecule has 3 aromatic rings. The molecule has 2 aromatic carbocycles. The van der Waals surface area contributed by atoms with Gasteiger partial charge >= 0.3 is 11.1 Å². The predicted octanol–water partition coefficient (Wildman–Crippen LogP) is 3.08. The molecular weight excluding hydrogens is 440 g/mol. The van der Waals surface area contributed by atoms with E-state index >= 15 is 0 Å². The molecule has 8 nitrogen and oxygen atoms in total. The van der Waals surface area contributed by atoms with Crippen molar-refractivity contribution in [3.05, 3.63) is 84.4 Å². The Bertz CT molecular complexity index is 1130. The molecule has 4 rings (SSSR count). The maximum Gasteiger partial charge on any atom is 0.314 e. The first-order chi connectivity index (χ1) is 13.5. The Kier molecular flexibility index (Phi) is 6.29. The zero-order valence-corrected chi connectivity index (χ0v) is 17.3. The number of halogens is 1. The standard InChI is InChI=1S/C20H20N4O4.BrH/c25-19-20(26)22-18-15(10-16(24(27)28)11-17(18)21-19)12-23-8-6-14(7-9-23)13-4-2-1-3-5-13;/h1-5,10-11,14H,6-9,12H2,(H,21,25)(H,22,26);1H. The number of benzene rings is 2. The van der Waals surface area contributed by atoms with Crippen molar-refractivity contribution in [2.75, 3.05) is 13.1 Å². The molecule has 1 fully saturated rings. The van der Waals surface area contributed by atoms with Gasteiger partial charge in [-0.1, -0.05) is 30.3 Å². The number of likely N-dealkylation sites (tertiary alicyclic amines) is 1. The zero-order valence-electron chi connectivity index (χ0n) is 15.6. The van der Waals surface area contributed by atoms with Crippen molar-refractivity contribution >= 4 is 33.7 Å². The van der Waals surface area contributed by atoms with Crippen LogP contribution >= 0.6 is 17.0 Å². The summed E-state index contributed by atoms with van der Waals surface area (Å²) >= 11 is 0. The van der Waals surface area contributed by atoms with Gasteiger partial charge in [-0.15, -0.1) is 17.0 Å². The molecule has 0 aliphatic carbocycles. The van der Waals surface area contributed by atoms with E-state index in [-0.39, 0.29) is 28.2 Å². The number of rotatable bonds is 4. The average Bonchev–Trinajstić information content (AvgIpc) is 2.70. The Morgan fingerprint density at radius 2 is 1.69 bits per heavy atom. The number of nitro groups is 1. The molecule has 0 amide bonds. The Morgan fingerprint density at radius 1 is 1.03 bits per heavy atom. The summed E-state index contributed by atoms with van der Waals surface area (Å²) in [5.41, 5.74) is 1.01. The monoisotopic (exact) mass is 460 g/mol. The van der Waals surface area contributed by atoms with Crippen LogP contribution in [0.4, 0.5) is 5.69 Å². The number of aromatic amines is 2. The van der Waals surface area contributed by atoms with Gasteiger partial charge in [0.25, 0.3) is 5.69 Å².